The molecule has 0 amide bonds. The molecular formula is C11H16N2O5. The zero-order chi connectivity index (χ0) is 13.5. The maximum atomic E-state index is 10.8. The van der Waals surface area contributed by atoms with Gasteiger partial charge in [0.2, 0.25) is 0 Å². The highest BCUT2D eigenvalue weighted by atomic mass is 16.6. The van der Waals surface area contributed by atoms with E-state index >= 15 is 0 Å². The fourth-order valence-electron chi connectivity index (χ4n) is 1.35. The second-order valence-corrected chi connectivity index (χ2v) is 3.59. The standard InChI is InChI=1S/C11H16N2O5/c1-2-18-11-5-8(12-6-9(15)7-14)3-4-10(11)13(16)17/h3-5,9,12,14-15H,2,6-7H2,1H3. The number of rotatable bonds is 7. The van der Waals surface area contributed by atoms with E-state index in [-0.39, 0.29) is 24.6 Å². The van der Waals surface area contributed by atoms with E-state index in [0.717, 1.165) is 0 Å². The molecule has 1 aromatic rings. The van der Waals surface area contributed by atoms with E-state index in [9.17, 15) is 15.2 Å². The highest BCUT2D eigenvalue weighted by Crippen LogP contribution is 2.29. The van der Waals surface area contributed by atoms with Crippen LogP contribution in [0.5, 0.6) is 5.75 Å². The van der Waals surface area contributed by atoms with Crippen molar-refractivity contribution in [1.82, 2.24) is 0 Å². The van der Waals surface area contributed by atoms with E-state index < -0.39 is 11.0 Å². The second kappa shape index (κ2) is 6.77. The van der Waals surface area contributed by atoms with Crippen molar-refractivity contribution in [3.63, 3.8) is 0 Å². The summed E-state index contributed by atoms with van der Waals surface area (Å²) in [5.41, 5.74) is 0.474. The summed E-state index contributed by atoms with van der Waals surface area (Å²) in [4.78, 5) is 10.2. The summed E-state index contributed by atoms with van der Waals surface area (Å²) in [6, 6.07) is 4.34. The van der Waals surface area contributed by atoms with E-state index in [0.29, 0.717) is 12.3 Å². The molecule has 1 rings (SSSR count). The van der Waals surface area contributed by atoms with Gasteiger partial charge in [0.1, 0.15) is 0 Å². The Labute approximate surface area is 104 Å². The minimum absolute atomic E-state index is 0.106. The maximum absolute atomic E-state index is 10.8. The third-order valence-corrected chi connectivity index (χ3v) is 2.21. The molecule has 100 valence electrons. The summed E-state index contributed by atoms with van der Waals surface area (Å²) < 4.78 is 5.18. The van der Waals surface area contributed by atoms with Gasteiger partial charge in [0.05, 0.1) is 24.2 Å². The molecular weight excluding hydrogens is 240 g/mol. The SMILES string of the molecule is CCOc1cc(NCC(O)CO)ccc1[N+](=O)[O-]. The van der Waals surface area contributed by atoms with Crippen molar-refractivity contribution in [3.05, 3.63) is 28.3 Å². The lowest BCUT2D eigenvalue weighted by Crippen LogP contribution is -2.22. The van der Waals surface area contributed by atoms with Gasteiger partial charge in [-0.15, -0.1) is 0 Å². The summed E-state index contributed by atoms with van der Waals surface area (Å²) >= 11 is 0. The molecule has 18 heavy (non-hydrogen) atoms. The molecule has 0 aliphatic rings. The van der Waals surface area contributed by atoms with Crippen molar-refractivity contribution in [1.29, 1.82) is 0 Å². The lowest BCUT2D eigenvalue weighted by Gasteiger charge is -2.11. The van der Waals surface area contributed by atoms with Crippen LogP contribution < -0.4 is 10.1 Å². The van der Waals surface area contributed by atoms with Gasteiger partial charge < -0.3 is 20.3 Å². The Morgan fingerprint density at radius 2 is 2.28 bits per heavy atom. The van der Waals surface area contributed by atoms with Crippen molar-refractivity contribution in [3.8, 4) is 5.75 Å². The smallest absolute Gasteiger partial charge is 0.311 e. The summed E-state index contributed by atoms with van der Waals surface area (Å²) in [6.07, 6.45) is -0.879. The van der Waals surface area contributed by atoms with E-state index in [1.807, 2.05) is 0 Å². The first kappa shape index (κ1) is 14.2. The molecule has 7 heteroatoms. The molecule has 0 aliphatic heterocycles. The number of nitro benzene ring substituents is 1. The van der Waals surface area contributed by atoms with Crippen LogP contribution in [0.3, 0.4) is 0 Å². The Morgan fingerprint density at radius 1 is 1.56 bits per heavy atom. The lowest BCUT2D eigenvalue weighted by atomic mass is 10.2. The van der Waals surface area contributed by atoms with Crippen LogP contribution in [0.15, 0.2) is 18.2 Å². The van der Waals surface area contributed by atoms with Crippen molar-refractivity contribution < 1.29 is 19.9 Å². The number of anilines is 1. The quantitative estimate of drug-likeness (QED) is 0.491. The van der Waals surface area contributed by atoms with Crippen LogP contribution in [0.25, 0.3) is 0 Å². The molecule has 0 aromatic heterocycles. The fourth-order valence-corrected chi connectivity index (χ4v) is 1.35. The maximum Gasteiger partial charge on any atom is 0.311 e. The molecule has 0 saturated carbocycles. The monoisotopic (exact) mass is 256 g/mol. The van der Waals surface area contributed by atoms with Gasteiger partial charge in [-0.1, -0.05) is 0 Å². The van der Waals surface area contributed by atoms with Gasteiger partial charge in [0, 0.05) is 24.4 Å². The topological polar surface area (TPSA) is 105 Å². The van der Waals surface area contributed by atoms with Crippen LogP contribution in [0, 0.1) is 10.1 Å². The third-order valence-electron chi connectivity index (χ3n) is 2.21. The molecule has 0 fully saturated rings. The van der Waals surface area contributed by atoms with Crippen LogP contribution in [0.2, 0.25) is 0 Å². The number of nitro groups is 1. The van der Waals surface area contributed by atoms with Gasteiger partial charge >= 0.3 is 5.69 Å². The predicted octanol–water partition coefficient (Wildman–Crippen LogP) is 0.759. The summed E-state index contributed by atoms with van der Waals surface area (Å²) in [5, 5.41) is 31.4. The van der Waals surface area contributed by atoms with E-state index in [1.54, 1.807) is 6.92 Å². The minimum Gasteiger partial charge on any atom is -0.487 e. The third kappa shape index (κ3) is 3.86. The first-order valence-electron chi connectivity index (χ1n) is 5.52. The van der Waals surface area contributed by atoms with Gasteiger partial charge in [-0.2, -0.15) is 0 Å². The van der Waals surface area contributed by atoms with Crippen LogP contribution in [0.1, 0.15) is 6.92 Å². The Hall–Kier alpha value is -1.86. The Bertz CT molecular complexity index is 410. The molecule has 0 spiro atoms. The number of hydrogen-bond donors (Lipinski definition) is 3. The summed E-state index contributed by atoms with van der Waals surface area (Å²) in [5.74, 6) is 0.172. The van der Waals surface area contributed by atoms with Crippen LogP contribution in [-0.2, 0) is 0 Å². The lowest BCUT2D eigenvalue weighted by molar-refractivity contribution is -0.385. The predicted molar refractivity (Wildman–Crippen MR) is 65.8 cm³/mol. The number of nitrogens with zero attached hydrogens (tertiary/aromatic N) is 1. The molecule has 0 saturated heterocycles. The van der Waals surface area contributed by atoms with Crippen LogP contribution in [0.4, 0.5) is 11.4 Å². The Kier molecular flexibility index (Phi) is 5.34. The number of nitrogens with one attached hydrogen (secondary N) is 1. The summed E-state index contributed by atoms with van der Waals surface area (Å²) in [6.45, 7) is 1.86. The molecule has 3 N–H and O–H groups in total. The molecule has 1 unspecified atom stereocenters. The van der Waals surface area contributed by atoms with Gasteiger partial charge in [-0.25, -0.2) is 0 Å². The second-order valence-electron chi connectivity index (χ2n) is 3.59. The molecule has 0 heterocycles. The normalized spacial score (nSPS) is 11.9. The number of aliphatic hydroxyl groups excluding tert-OH is 2. The molecule has 1 atom stereocenters. The molecule has 0 bridgehead atoms. The van der Waals surface area contributed by atoms with Crippen molar-refractivity contribution in [2.75, 3.05) is 25.1 Å². The average molecular weight is 256 g/mol. The zero-order valence-electron chi connectivity index (χ0n) is 10.00. The van der Waals surface area contributed by atoms with Crippen LogP contribution in [-0.4, -0.2) is 41.0 Å². The number of aliphatic hydroxyl groups is 2. The summed E-state index contributed by atoms with van der Waals surface area (Å²) in [7, 11) is 0. The van der Waals surface area contributed by atoms with Gasteiger partial charge in [-0.05, 0) is 13.0 Å². The Morgan fingerprint density at radius 3 is 2.83 bits per heavy atom. The number of ether oxygens (including phenoxy) is 1. The van der Waals surface area contributed by atoms with Gasteiger partial charge in [0.15, 0.2) is 5.75 Å². The first-order chi connectivity index (χ1) is 8.58. The molecule has 1 aromatic carbocycles. The van der Waals surface area contributed by atoms with Gasteiger partial charge in [0.25, 0.3) is 0 Å². The van der Waals surface area contributed by atoms with Crippen molar-refractivity contribution in [2.45, 2.75) is 13.0 Å². The number of benzene rings is 1. The van der Waals surface area contributed by atoms with E-state index in [1.165, 1.54) is 18.2 Å². The number of hydrogen-bond acceptors (Lipinski definition) is 6. The highest BCUT2D eigenvalue weighted by molar-refractivity contribution is 5.58. The zero-order valence-corrected chi connectivity index (χ0v) is 10.00. The first-order valence-corrected chi connectivity index (χ1v) is 5.52. The molecule has 0 aliphatic carbocycles. The molecule has 7 nitrogen and oxygen atoms in total. The van der Waals surface area contributed by atoms with E-state index in [4.69, 9.17) is 9.84 Å². The largest absolute Gasteiger partial charge is 0.487 e. The van der Waals surface area contributed by atoms with Crippen LogP contribution >= 0.6 is 0 Å². The van der Waals surface area contributed by atoms with Crippen molar-refractivity contribution in [2.24, 2.45) is 0 Å². The highest BCUT2D eigenvalue weighted by Gasteiger charge is 2.15. The van der Waals surface area contributed by atoms with Gasteiger partial charge in [-0.3, -0.25) is 10.1 Å². The fraction of sp³-hybridized carbons (Fsp3) is 0.455. The Balaban J connectivity index is 2.82. The molecule has 0 radical (unpaired) electrons. The van der Waals surface area contributed by atoms with E-state index in [2.05, 4.69) is 5.32 Å². The average Bonchev–Trinajstić information content (AvgIpc) is 2.36. The minimum atomic E-state index is -0.879. The van der Waals surface area contributed by atoms with Crippen molar-refractivity contribution >= 4 is 11.4 Å².